The second-order valence-electron chi connectivity index (χ2n) is 16.7. The molecular formula is C55H45N. The summed E-state index contributed by atoms with van der Waals surface area (Å²) in [5.74, 6) is 0. The van der Waals surface area contributed by atoms with E-state index in [-0.39, 0.29) is 10.8 Å². The zero-order valence-corrected chi connectivity index (χ0v) is 32.8. The van der Waals surface area contributed by atoms with E-state index >= 15 is 0 Å². The van der Waals surface area contributed by atoms with Crippen molar-refractivity contribution < 1.29 is 0 Å². The predicted octanol–water partition coefficient (Wildman–Crippen LogP) is 15.1. The highest BCUT2D eigenvalue weighted by atomic mass is 15.1. The molecule has 0 bridgehead atoms. The third kappa shape index (κ3) is 5.45. The minimum atomic E-state index is -0.0859. The first kappa shape index (κ1) is 34.1. The summed E-state index contributed by atoms with van der Waals surface area (Å²) in [6.07, 6.45) is 0. The van der Waals surface area contributed by atoms with Crippen LogP contribution in [0.5, 0.6) is 0 Å². The Morgan fingerprint density at radius 3 is 1.23 bits per heavy atom. The van der Waals surface area contributed by atoms with Gasteiger partial charge in [0.05, 0.1) is 0 Å². The second kappa shape index (κ2) is 12.8. The van der Waals surface area contributed by atoms with E-state index in [0.29, 0.717) is 0 Å². The van der Waals surface area contributed by atoms with Crippen LogP contribution in [0, 0.1) is 6.92 Å². The number of hydrogen-bond acceptors (Lipinski definition) is 1. The average Bonchev–Trinajstić information content (AvgIpc) is 3.61. The van der Waals surface area contributed by atoms with Gasteiger partial charge in [-0.25, -0.2) is 0 Å². The summed E-state index contributed by atoms with van der Waals surface area (Å²) in [6.45, 7) is 11.6. The van der Waals surface area contributed by atoms with Crippen molar-refractivity contribution in [1.29, 1.82) is 0 Å². The molecule has 0 heterocycles. The summed E-state index contributed by atoms with van der Waals surface area (Å²) in [7, 11) is 0. The molecule has 2 aliphatic carbocycles. The van der Waals surface area contributed by atoms with Gasteiger partial charge in [-0.15, -0.1) is 0 Å². The Bertz CT molecular complexity index is 2660. The molecular weight excluding hydrogens is 675 g/mol. The van der Waals surface area contributed by atoms with Crippen LogP contribution in [0.2, 0.25) is 0 Å². The molecule has 0 N–H and O–H groups in total. The van der Waals surface area contributed by atoms with E-state index < -0.39 is 0 Å². The monoisotopic (exact) mass is 719 g/mol. The van der Waals surface area contributed by atoms with Crippen molar-refractivity contribution in [2.45, 2.75) is 45.4 Å². The number of benzene rings is 8. The summed E-state index contributed by atoms with van der Waals surface area (Å²) in [5, 5.41) is 0. The lowest BCUT2D eigenvalue weighted by molar-refractivity contribution is 0.660. The minimum Gasteiger partial charge on any atom is -0.310 e. The van der Waals surface area contributed by atoms with Crippen molar-refractivity contribution >= 4 is 17.1 Å². The normalized spacial score (nSPS) is 14.1. The van der Waals surface area contributed by atoms with Gasteiger partial charge in [-0.1, -0.05) is 161 Å². The summed E-state index contributed by atoms with van der Waals surface area (Å²) in [6, 6.07) is 67.8. The Morgan fingerprint density at radius 1 is 0.304 bits per heavy atom. The van der Waals surface area contributed by atoms with Gasteiger partial charge < -0.3 is 4.90 Å². The minimum absolute atomic E-state index is 0.0859. The molecule has 1 heteroatoms. The Balaban J connectivity index is 1.17. The van der Waals surface area contributed by atoms with Crippen molar-refractivity contribution in [2.75, 3.05) is 4.90 Å². The number of anilines is 3. The standard InChI is InChI=1S/C55H45N/c1-36-19-25-43(26-20-36)56(44-27-21-38(22-28-44)37-13-7-6-8-14-37)45-32-41(39-23-29-48-46-15-9-11-17-50(46)54(2,3)52(48)34-39)31-42(33-45)40-24-30-49-47-16-10-12-18-51(47)55(4,5)53(49)35-40/h6-35H,1-5H3. The Hall–Kier alpha value is -6.44. The van der Waals surface area contributed by atoms with Crippen molar-refractivity contribution in [3.05, 3.63) is 210 Å². The zero-order valence-electron chi connectivity index (χ0n) is 32.8. The van der Waals surface area contributed by atoms with Crippen LogP contribution in [0.3, 0.4) is 0 Å². The van der Waals surface area contributed by atoms with Crippen LogP contribution >= 0.6 is 0 Å². The fourth-order valence-corrected chi connectivity index (χ4v) is 9.42. The van der Waals surface area contributed by atoms with Crippen molar-refractivity contribution in [3.63, 3.8) is 0 Å². The summed E-state index contributed by atoms with van der Waals surface area (Å²) < 4.78 is 0. The van der Waals surface area contributed by atoms with Crippen LogP contribution < -0.4 is 4.90 Å². The molecule has 270 valence electrons. The lowest BCUT2D eigenvalue weighted by atomic mass is 9.81. The van der Waals surface area contributed by atoms with E-state index in [1.54, 1.807) is 0 Å². The number of fused-ring (bicyclic) bond motifs is 6. The van der Waals surface area contributed by atoms with Gasteiger partial charge in [0, 0.05) is 27.9 Å². The van der Waals surface area contributed by atoms with Crippen LogP contribution in [0.25, 0.3) is 55.6 Å². The lowest BCUT2D eigenvalue weighted by Gasteiger charge is -2.28. The quantitative estimate of drug-likeness (QED) is 0.165. The third-order valence-electron chi connectivity index (χ3n) is 12.5. The molecule has 2 aliphatic rings. The lowest BCUT2D eigenvalue weighted by Crippen LogP contribution is -2.15. The SMILES string of the molecule is Cc1ccc(N(c2ccc(-c3ccccc3)cc2)c2cc(-c3ccc4c(c3)C(C)(C)c3ccccc3-4)cc(-c3ccc4c(c3)C(C)(C)c3ccccc3-4)c2)cc1. The van der Waals surface area contributed by atoms with Crippen LogP contribution in [0.15, 0.2) is 182 Å². The van der Waals surface area contributed by atoms with Gasteiger partial charge >= 0.3 is 0 Å². The van der Waals surface area contributed by atoms with E-state index in [1.807, 2.05) is 0 Å². The van der Waals surface area contributed by atoms with E-state index in [9.17, 15) is 0 Å². The van der Waals surface area contributed by atoms with Gasteiger partial charge in [0.15, 0.2) is 0 Å². The second-order valence-corrected chi connectivity index (χ2v) is 16.7. The Kier molecular flexibility index (Phi) is 7.80. The van der Waals surface area contributed by atoms with Crippen LogP contribution in [0.4, 0.5) is 17.1 Å². The maximum atomic E-state index is 2.45. The molecule has 0 aliphatic heterocycles. The van der Waals surface area contributed by atoms with E-state index in [4.69, 9.17) is 0 Å². The van der Waals surface area contributed by atoms with Crippen LogP contribution in [0.1, 0.15) is 55.5 Å². The molecule has 0 fully saturated rings. The average molecular weight is 720 g/mol. The van der Waals surface area contributed by atoms with E-state index in [2.05, 4.69) is 222 Å². The maximum Gasteiger partial charge on any atom is 0.0473 e. The summed E-state index contributed by atoms with van der Waals surface area (Å²) >= 11 is 0. The highest BCUT2D eigenvalue weighted by molar-refractivity contribution is 5.90. The number of hydrogen-bond donors (Lipinski definition) is 0. The highest BCUT2D eigenvalue weighted by Gasteiger charge is 2.36. The van der Waals surface area contributed by atoms with E-state index in [1.165, 1.54) is 83.5 Å². The van der Waals surface area contributed by atoms with Gasteiger partial charge in [0.2, 0.25) is 0 Å². The predicted molar refractivity (Wildman–Crippen MR) is 237 cm³/mol. The largest absolute Gasteiger partial charge is 0.310 e. The molecule has 0 aromatic heterocycles. The molecule has 0 atom stereocenters. The summed E-state index contributed by atoms with van der Waals surface area (Å²) in [5.41, 5.74) is 22.6. The molecule has 56 heavy (non-hydrogen) atoms. The molecule has 0 saturated carbocycles. The summed E-state index contributed by atoms with van der Waals surface area (Å²) in [4.78, 5) is 2.42. The molecule has 1 nitrogen and oxygen atoms in total. The number of rotatable bonds is 6. The first-order valence-electron chi connectivity index (χ1n) is 19.8. The molecule has 0 unspecified atom stereocenters. The highest BCUT2D eigenvalue weighted by Crippen LogP contribution is 2.52. The smallest absolute Gasteiger partial charge is 0.0473 e. The molecule has 8 aromatic carbocycles. The van der Waals surface area contributed by atoms with Gasteiger partial charge in [0.25, 0.3) is 0 Å². The molecule has 0 saturated heterocycles. The van der Waals surface area contributed by atoms with Crippen molar-refractivity contribution in [1.82, 2.24) is 0 Å². The fourth-order valence-electron chi connectivity index (χ4n) is 9.42. The first-order chi connectivity index (χ1) is 27.2. The zero-order chi connectivity index (χ0) is 38.2. The Labute approximate surface area is 331 Å². The molecule has 10 rings (SSSR count). The number of aryl methyl sites for hydroxylation is 1. The maximum absolute atomic E-state index is 2.45. The van der Waals surface area contributed by atoms with Gasteiger partial charge in [0.1, 0.15) is 0 Å². The molecule has 8 aromatic rings. The van der Waals surface area contributed by atoms with Crippen molar-refractivity contribution in [3.8, 4) is 55.6 Å². The van der Waals surface area contributed by atoms with Gasteiger partial charge in [-0.05, 0) is 139 Å². The topological polar surface area (TPSA) is 3.24 Å². The van der Waals surface area contributed by atoms with Crippen LogP contribution in [-0.2, 0) is 10.8 Å². The van der Waals surface area contributed by atoms with Crippen LogP contribution in [-0.4, -0.2) is 0 Å². The molecule has 0 radical (unpaired) electrons. The fraction of sp³-hybridized carbons (Fsp3) is 0.127. The molecule has 0 amide bonds. The van der Waals surface area contributed by atoms with Gasteiger partial charge in [-0.2, -0.15) is 0 Å². The van der Waals surface area contributed by atoms with E-state index in [0.717, 1.165) is 17.1 Å². The van der Waals surface area contributed by atoms with Gasteiger partial charge in [-0.3, -0.25) is 0 Å². The Morgan fingerprint density at radius 2 is 0.714 bits per heavy atom. The number of nitrogens with zero attached hydrogens (tertiary/aromatic N) is 1. The first-order valence-corrected chi connectivity index (χ1v) is 19.8. The van der Waals surface area contributed by atoms with Crippen molar-refractivity contribution in [2.24, 2.45) is 0 Å². The molecule has 0 spiro atoms. The third-order valence-corrected chi connectivity index (χ3v) is 12.5.